The van der Waals surface area contributed by atoms with Gasteiger partial charge >= 0.3 is 0 Å². The van der Waals surface area contributed by atoms with E-state index in [0.29, 0.717) is 18.5 Å². The highest BCUT2D eigenvalue weighted by molar-refractivity contribution is 14.0. The SMILES string of the molecule is CCNC(=NCCc1cc(Br)ccc1F)N1CCN(Cc2ccon2)CC1.I. The number of piperazine rings is 1. The Hall–Kier alpha value is -1.20. The maximum Gasteiger partial charge on any atom is 0.194 e. The summed E-state index contributed by atoms with van der Waals surface area (Å²) in [5.74, 6) is 0.717. The number of nitrogens with zero attached hydrogens (tertiary/aromatic N) is 4. The first-order chi connectivity index (χ1) is 13.2. The van der Waals surface area contributed by atoms with Crippen LogP contribution in [-0.2, 0) is 13.0 Å². The van der Waals surface area contributed by atoms with Crippen LogP contribution in [0.3, 0.4) is 0 Å². The number of hydrogen-bond donors (Lipinski definition) is 1. The third-order valence-electron chi connectivity index (χ3n) is 4.53. The fourth-order valence-electron chi connectivity index (χ4n) is 3.11. The lowest BCUT2D eigenvalue weighted by atomic mass is 10.1. The number of benzene rings is 1. The van der Waals surface area contributed by atoms with Gasteiger partial charge in [0.15, 0.2) is 5.96 Å². The van der Waals surface area contributed by atoms with Crippen LogP contribution in [0.2, 0.25) is 0 Å². The molecule has 0 atom stereocenters. The van der Waals surface area contributed by atoms with Crippen LogP contribution in [0.25, 0.3) is 0 Å². The second kappa shape index (κ2) is 11.7. The van der Waals surface area contributed by atoms with Gasteiger partial charge < -0.3 is 14.7 Å². The Labute approximate surface area is 190 Å². The van der Waals surface area contributed by atoms with Crippen LogP contribution in [0.1, 0.15) is 18.2 Å². The van der Waals surface area contributed by atoms with Crippen LogP contribution in [0.15, 0.2) is 44.5 Å². The summed E-state index contributed by atoms with van der Waals surface area (Å²) in [4.78, 5) is 9.33. The zero-order valence-electron chi connectivity index (χ0n) is 15.9. The Morgan fingerprint density at radius 1 is 1.29 bits per heavy atom. The molecule has 28 heavy (non-hydrogen) atoms. The summed E-state index contributed by atoms with van der Waals surface area (Å²) in [6, 6.07) is 6.92. The number of nitrogens with one attached hydrogen (secondary N) is 1. The van der Waals surface area contributed by atoms with Gasteiger partial charge in [0.1, 0.15) is 12.1 Å². The molecular formula is C19H26BrFIN5O. The first-order valence-corrected chi connectivity index (χ1v) is 10.0. The summed E-state index contributed by atoms with van der Waals surface area (Å²) in [6.07, 6.45) is 2.18. The van der Waals surface area contributed by atoms with E-state index in [2.05, 4.69) is 43.1 Å². The molecular weight excluding hydrogens is 540 g/mol. The summed E-state index contributed by atoms with van der Waals surface area (Å²) in [6.45, 7) is 7.90. The molecule has 1 N–H and O–H groups in total. The van der Waals surface area contributed by atoms with Gasteiger partial charge in [-0.1, -0.05) is 21.1 Å². The number of halogens is 3. The van der Waals surface area contributed by atoms with E-state index in [-0.39, 0.29) is 29.8 Å². The smallest absolute Gasteiger partial charge is 0.194 e. The molecule has 0 amide bonds. The van der Waals surface area contributed by atoms with E-state index in [1.165, 1.54) is 6.07 Å². The van der Waals surface area contributed by atoms with E-state index < -0.39 is 0 Å². The molecule has 3 rings (SSSR count). The number of guanidine groups is 1. The van der Waals surface area contributed by atoms with Gasteiger partial charge in [-0.15, -0.1) is 24.0 Å². The van der Waals surface area contributed by atoms with Crippen molar-refractivity contribution in [2.45, 2.75) is 19.9 Å². The summed E-state index contributed by atoms with van der Waals surface area (Å²) in [7, 11) is 0. The van der Waals surface area contributed by atoms with E-state index in [1.54, 1.807) is 12.3 Å². The maximum absolute atomic E-state index is 13.9. The van der Waals surface area contributed by atoms with Crippen LogP contribution in [0, 0.1) is 5.82 Å². The summed E-state index contributed by atoms with van der Waals surface area (Å²) in [5, 5.41) is 7.33. The van der Waals surface area contributed by atoms with Gasteiger partial charge in [0.05, 0.1) is 5.69 Å². The lowest BCUT2D eigenvalue weighted by molar-refractivity contribution is 0.169. The second-order valence-electron chi connectivity index (χ2n) is 6.48. The minimum absolute atomic E-state index is 0. The molecule has 6 nitrogen and oxygen atoms in total. The molecule has 0 bridgehead atoms. The molecule has 0 aliphatic carbocycles. The third kappa shape index (κ3) is 6.70. The topological polar surface area (TPSA) is 56.9 Å². The lowest BCUT2D eigenvalue weighted by Gasteiger charge is -2.36. The Kier molecular flexibility index (Phi) is 9.66. The number of hydrogen-bond acceptors (Lipinski definition) is 4. The number of aliphatic imine (C=N–C) groups is 1. The van der Waals surface area contributed by atoms with Crippen molar-refractivity contribution >= 4 is 45.9 Å². The minimum Gasteiger partial charge on any atom is -0.364 e. The predicted molar refractivity (Wildman–Crippen MR) is 123 cm³/mol. The minimum atomic E-state index is -0.181. The predicted octanol–water partition coefficient (Wildman–Crippen LogP) is 3.52. The molecule has 0 spiro atoms. The fourth-order valence-corrected chi connectivity index (χ4v) is 3.52. The van der Waals surface area contributed by atoms with Crippen LogP contribution in [0.5, 0.6) is 0 Å². The Bertz CT molecular complexity index is 751. The van der Waals surface area contributed by atoms with Crippen molar-refractivity contribution in [2.24, 2.45) is 4.99 Å². The van der Waals surface area contributed by atoms with E-state index in [0.717, 1.165) is 55.4 Å². The summed E-state index contributed by atoms with van der Waals surface area (Å²) in [5.41, 5.74) is 1.64. The Morgan fingerprint density at radius 2 is 2.07 bits per heavy atom. The van der Waals surface area contributed by atoms with E-state index in [1.807, 2.05) is 12.1 Å². The third-order valence-corrected chi connectivity index (χ3v) is 5.03. The zero-order valence-corrected chi connectivity index (χ0v) is 19.8. The van der Waals surface area contributed by atoms with Gasteiger partial charge in [-0.05, 0) is 37.1 Å². The average Bonchev–Trinajstić information content (AvgIpc) is 3.17. The van der Waals surface area contributed by atoms with Gasteiger partial charge in [-0.2, -0.15) is 0 Å². The highest BCUT2D eigenvalue weighted by Crippen LogP contribution is 2.16. The van der Waals surface area contributed by atoms with E-state index in [4.69, 9.17) is 9.52 Å². The van der Waals surface area contributed by atoms with Crippen molar-refractivity contribution in [3.05, 3.63) is 52.1 Å². The first-order valence-electron chi connectivity index (χ1n) is 9.24. The molecule has 0 unspecified atom stereocenters. The van der Waals surface area contributed by atoms with Gasteiger partial charge in [-0.25, -0.2) is 4.39 Å². The van der Waals surface area contributed by atoms with Crippen LogP contribution in [0.4, 0.5) is 4.39 Å². The van der Waals surface area contributed by atoms with Gasteiger partial charge in [0.2, 0.25) is 0 Å². The molecule has 1 saturated heterocycles. The largest absolute Gasteiger partial charge is 0.364 e. The van der Waals surface area contributed by atoms with Crippen LogP contribution < -0.4 is 5.32 Å². The molecule has 1 fully saturated rings. The zero-order chi connectivity index (χ0) is 19.1. The maximum atomic E-state index is 13.9. The van der Waals surface area contributed by atoms with Crippen molar-refractivity contribution in [2.75, 3.05) is 39.3 Å². The van der Waals surface area contributed by atoms with Crippen LogP contribution >= 0.6 is 39.9 Å². The van der Waals surface area contributed by atoms with Gasteiger partial charge in [0, 0.05) is 56.4 Å². The second-order valence-corrected chi connectivity index (χ2v) is 7.39. The summed E-state index contributed by atoms with van der Waals surface area (Å²) >= 11 is 3.39. The molecule has 0 radical (unpaired) electrons. The van der Waals surface area contributed by atoms with Crippen LogP contribution in [-0.4, -0.2) is 60.2 Å². The van der Waals surface area contributed by atoms with Crippen molar-refractivity contribution < 1.29 is 8.91 Å². The molecule has 1 aromatic heterocycles. The molecule has 1 aromatic carbocycles. The molecule has 0 saturated carbocycles. The van der Waals surface area contributed by atoms with E-state index in [9.17, 15) is 4.39 Å². The fraction of sp³-hybridized carbons (Fsp3) is 0.474. The molecule has 2 heterocycles. The first kappa shape index (κ1) is 23.1. The lowest BCUT2D eigenvalue weighted by Crippen LogP contribution is -2.52. The standard InChI is InChI=1S/C19H25BrFN5O.HI/c1-2-22-19(23-7-5-15-13-16(20)3-4-18(15)21)26-10-8-25(9-11-26)14-17-6-12-27-24-17;/h3-4,6,12-13H,2,5,7-11,14H2,1H3,(H,22,23);1H. The monoisotopic (exact) mass is 565 g/mol. The molecule has 1 aliphatic rings. The molecule has 154 valence electrons. The van der Waals surface area contributed by atoms with E-state index >= 15 is 0 Å². The molecule has 1 aliphatic heterocycles. The molecule has 9 heteroatoms. The van der Waals surface area contributed by atoms with Gasteiger partial charge in [-0.3, -0.25) is 9.89 Å². The van der Waals surface area contributed by atoms with Crippen molar-refractivity contribution in [3.8, 4) is 0 Å². The Morgan fingerprint density at radius 3 is 2.75 bits per heavy atom. The van der Waals surface area contributed by atoms with Crippen molar-refractivity contribution in [3.63, 3.8) is 0 Å². The highest BCUT2D eigenvalue weighted by atomic mass is 127. The molecule has 2 aromatic rings. The number of aromatic nitrogens is 1. The van der Waals surface area contributed by atoms with Crippen molar-refractivity contribution in [1.82, 2.24) is 20.3 Å². The normalized spacial score (nSPS) is 15.4. The van der Waals surface area contributed by atoms with Gasteiger partial charge in [0.25, 0.3) is 0 Å². The highest BCUT2D eigenvalue weighted by Gasteiger charge is 2.20. The Balaban J connectivity index is 0.00000280. The average molecular weight is 566 g/mol. The summed E-state index contributed by atoms with van der Waals surface area (Å²) < 4.78 is 19.7. The quantitative estimate of drug-likeness (QED) is 0.330. The number of rotatable bonds is 6. The van der Waals surface area contributed by atoms with Crippen molar-refractivity contribution in [1.29, 1.82) is 0 Å².